The predicted octanol–water partition coefficient (Wildman–Crippen LogP) is 1.99. The Bertz CT molecular complexity index is 574. The second-order valence-electron chi connectivity index (χ2n) is 3.73. The van der Waals surface area contributed by atoms with E-state index in [9.17, 15) is 4.79 Å². The number of fused-ring (bicyclic) bond motifs is 1. The molecule has 94 valence electrons. The zero-order valence-corrected chi connectivity index (χ0v) is 10.3. The number of carbonyl (C=O) groups excluding carboxylic acids is 1. The van der Waals surface area contributed by atoms with Crippen molar-refractivity contribution in [1.29, 1.82) is 0 Å². The molecule has 0 bridgehead atoms. The highest BCUT2D eigenvalue weighted by molar-refractivity contribution is 6.32. The first kappa shape index (κ1) is 12.7. The van der Waals surface area contributed by atoms with Gasteiger partial charge in [-0.15, -0.1) is 0 Å². The molecule has 6 heteroatoms. The molecule has 18 heavy (non-hydrogen) atoms. The molecule has 0 aliphatic rings. The first-order valence-electron chi connectivity index (χ1n) is 5.53. The molecule has 0 atom stereocenters. The minimum absolute atomic E-state index is 0.0233. The van der Waals surface area contributed by atoms with Gasteiger partial charge in [-0.1, -0.05) is 23.7 Å². The number of aliphatic hydroxyl groups excluding tert-OH is 1. The van der Waals surface area contributed by atoms with E-state index in [4.69, 9.17) is 16.7 Å². The van der Waals surface area contributed by atoms with E-state index in [2.05, 4.69) is 15.3 Å². The van der Waals surface area contributed by atoms with Gasteiger partial charge in [-0.25, -0.2) is 9.97 Å². The summed E-state index contributed by atoms with van der Waals surface area (Å²) < 4.78 is 0. The Kier molecular flexibility index (Phi) is 4.07. The number of para-hydroxylation sites is 2. The van der Waals surface area contributed by atoms with Crippen molar-refractivity contribution in [3.63, 3.8) is 0 Å². The Morgan fingerprint density at radius 1 is 1.28 bits per heavy atom. The van der Waals surface area contributed by atoms with Crippen LogP contribution in [0.15, 0.2) is 24.3 Å². The average Bonchev–Trinajstić information content (AvgIpc) is 2.37. The molecule has 0 radical (unpaired) electrons. The third-order valence-electron chi connectivity index (χ3n) is 2.35. The number of anilines is 1. The van der Waals surface area contributed by atoms with Gasteiger partial charge in [0.2, 0.25) is 5.91 Å². The highest BCUT2D eigenvalue weighted by Gasteiger charge is 2.09. The molecule has 0 aliphatic carbocycles. The van der Waals surface area contributed by atoms with Gasteiger partial charge in [-0.3, -0.25) is 4.79 Å². The number of benzene rings is 1. The van der Waals surface area contributed by atoms with Gasteiger partial charge >= 0.3 is 0 Å². The van der Waals surface area contributed by atoms with Crippen LogP contribution in [0.4, 0.5) is 5.82 Å². The maximum atomic E-state index is 11.5. The highest BCUT2D eigenvalue weighted by atomic mass is 35.5. The maximum Gasteiger partial charge on any atom is 0.225 e. The van der Waals surface area contributed by atoms with Crippen LogP contribution in [-0.2, 0) is 4.79 Å². The van der Waals surface area contributed by atoms with Crippen molar-refractivity contribution in [3.8, 4) is 0 Å². The Labute approximate surface area is 109 Å². The van der Waals surface area contributed by atoms with Gasteiger partial charge in [-0.05, 0) is 18.6 Å². The number of aliphatic hydroxyl groups is 1. The van der Waals surface area contributed by atoms with Crippen molar-refractivity contribution >= 4 is 34.4 Å². The lowest BCUT2D eigenvalue weighted by atomic mass is 10.3. The van der Waals surface area contributed by atoms with Crippen LogP contribution in [0, 0.1) is 0 Å². The summed E-state index contributed by atoms with van der Waals surface area (Å²) in [6, 6.07) is 7.27. The summed E-state index contributed by atoms with van der Waals surface area (Å²) in [6.45, 7) is -0.0233. The van der Waals surface area contributed by atoms with E-state index in [1.165, 1.54) is 0 Å². The standard InChI is InChI=1S/C12H12ClN3O2/c13-11-12(16-10(18)6-3-7-17)15-9-5-2-1-4-8(9)14-11/h1-2,4-5,17H,3,6-7H2,(H,15,16,18). The normalized spacial score (nSPS) is 10.6. The summed E-state index contributed by atoms with van der Waals surface area (Å²) in [5.41, 5.74) is 1.34. The molecule has 2 N–H and O–H groups in total. The quantitative estimate of drug-likeness (QED) is 0.887. The number of nitrogens with one attached hydrogen (secondary N) is 1. The van der Waals surface area contributed by atoms with Gasteiger partial charge < -0.3 is 10.4 Å². The zero-order valence-electron chi connectivity index (χ0n) is 9.56. The topological polar surface area (TPSA) is 75.1 Å². The van der Waals surface area contributed by atoms with E-state index >= 15 is 0 Å². The fourth-order valence-corrected chi connectivity index (χ4v) is 1.67. The Morgan fingerprint density at radius 2 is 1.94 bits per heavy atom. The van der Waals surface area contributed by atoms with Crippen molar-refractivity contribution in [2.45, 2.75) is 12.8 Å². The van der Waals surface area contributed by atoms with Crippen molar-refractivity contribution in [1.82, 2.24) is 9.97 Å². The SMILES string of the molecule is O=C(CCCO)Nc1nc2ccccc2nc1Cl. The summed E-state index contributed by atoms with van der Waals surface area (Å²) in [6.07, 6.45) is 0.631. The summed E-state index contributed by atoms with van der Waals surface area (Å²) in [5, 5.41) is 11.4. The number of halogens is 1. The molecule has 1 aromatic carbocycles. The number of hydrogen-bond donors (Lipinski definition) is 2. The second-order valence-corrected chi connectivity index (χ2v) is 4.09. The fourth-order valence-electron chi connectivity index (χ4n) is 1.49. The van der Waals surface area contributed by atoms with E-state index in [1.54, 1.807) is 12.1 Å². The largest absolute Gasteiger partial charge is 0.396 e. The number of nitrogens with zero attached hydrogens (tertiary/aromatic N) is 2. The number of amides is 1. The first-order valence-corrected chi connectivity index (χ1v) is 5.91. The van der Waals surface area contributed by atoms with Crippen molar-refractivity contribution in [2.75, 3.05) is 11.9 Å². The van der Waals surface area contributed by atoms with Gasteiger partial charge in [-0.2, -0.15) is 0 Å². The average molecular weight is 266 g/mol. The Morgan fingerprint density at radius 3 is 2.61 bits per heavy atom. The molecule has 1 aromatic heterocycles. The highest BCUT2D eigenvalue weighted by Crippen LogP contribution is 2.21. The van der Waals surface area contributed by atoms with Crippen molar-refractivity contribution in [2.24, 2.45) is 0 Å². The summed E-state index contributed by atoms with van der Waals surface area (Å²) in [4.78, 5) is 19.9. The molecular weight excluding hydrogens is 254 g/mol. The Hall–Kier alpha value is -1.72. The lowest BCUT2D eigenvalue weighted by Crippen LogP contribution is -2.13. The van der Waals surface area contributed by atoms with E-state index in [0.717, 1.165) is 0 Å². The van der Waals surface area contributed by atoms with Crippen LogP contribution in [0.2, 0.25) is 5.15 Å². The molecule has 0 unspecified atom stereocenters. The summed E-state index contributed by atoms with van der Waals surface area (Å²) >= 11 is 5.94. The van der Waals surface area contributed by atoms with Gasteiger partial charge in [0.15, 0.2) is 11.0 Å². The second kappa shape index (κ2) is 5.75. The predicted molar refractivity (Wildman–Crippen MR) is 69.5 cm³/mol. The molecule has 1 heterocycles. The van der Waals surface area contributed by atoms with Crippen LogP contribution >= 0.6 is 11.6 Å². The van der Waals surface area contributed by atoms with Gasteiger partial charge in [0.05, 0.1) is 11.0 Å². The van der Waals surface area contributed by atoms with Gasteiger partial charge in [0.1, 0.15) is 0 Å². The van der Waals surface area contributed by atoms with E-state index < -0.39 is 0 Å². The smallest absolute Gasteiger partial charge is 0.225 e. The number of rotatable bonds is 4. The summed E-state index contributed by atoms with van der Waals surface area (Å²) in [7, 11) is 0. The van der Waals surface area contributed by atoms with Gasteiger partial charge in [0.25, 0.3) is 0 Å². The number of carbonyl (C=O) groups is 1. The molecule has 2 rings (SSSR count). The molecule has 1 amide bonds. The molecule has 0 fully saturated rings. The third kappa shape index (κ3) is 2.94. The molecule has 2 aromatic rings. The zero-order chi connectivity index (χ0) is 13.0. The lowest BCUT2D eigenvalue weighted by Gasteiger charge is -2.06. The molecular formula is C12H12ClN3O2. The van der Waals surface area contributed by atoms with Crippen LogP contribution in [0.5, 0.6) is 0 Å². The Balaban J connectivity index is 2.22. The van der Waals surface area contributed by atoms with Crippen LogP contribution in [0.25, 0.3) is 11.0 Å². The molecule has 0 saturated carbocycles. The minimum Gasteiger partial charge on any atom is -0.396 e. The van der Waals surface area contributed by atoms with Crippen LogP contribution in [-0.4, -0.2) is 27.6 Å². The van der Waals surface area contributed by atoms with Crippen LogP contribution in [0.3, 0.4) is 0 Å². The van der Waals surface area contributed by atoms with E-state index in [0.29, 0.717) is 17.5 Å². The third-order valence-corrected chi connectivity index (χ3v) is 2.61. The van der Waals surface area contributed by atoms with Gasteiger partial charge in [0, 0.05) is 13.0 Å². The van der Waals surface area contributed by atoms with E-state index in [1.807, 2.05) is 12.1 Å². The molecule has 0 aliphatic heterocycles. The van der Waals surface area contributed by atoms with E-state index in [-0.39, 0.29) is 29.9 Å². The summed E-state index contributed by atoms with van der Waals surface area (Å²) in [5.74, 6) is 0.00818. The lowest BCUT2D eigenvalue weighted by molar-refractivity contribution is -0.116. The van der Waals surface area contributed by atoms with Crippen LogP contribution in [0.1, 0.15) is 12.8 Å². The minimum atomic E-state index is -0.240. The van der Waals surface area contributed by atoms with Crippen molar-refractivity contribution in [3.05, 3.63) is 29.4 Å². The monoisotopic (exact) mass is 265 g/mol. The maximum absolute atomic E-state index is 11.5. The fraction of sp³-hybridized carbons (Fsp3) is 0.250. The number of hydrogen-bond acceptors (Lipinski definition) is 4. The molecule has 5 nitrogen and oxygen atoms in total. The molecule has 0 spiro atoms. The molecule has 0 saturated heterocycles. The first-order chi connectivity index (χ1) is 8.70. The number of aromatic nitrogens is 2. The van der Waals surface area contributed by atoms with Crippen molar-refractivity contribution < 1.29 is 9.90 Å². The van der Waals surface area contributed by atoms with Crippen LogP contribution < -0.4 is 5.32 Å².